The lowest BCUT2D eigenvalue weighted by molar-refractivity contribution is 0.101. The number of halogens is 1. The van der Waals surface area contributed by atoms with Gasteiger partial charge >= 0.3 is 0 Å². The molecule has 126 valence electrons. The number of thiophene rings is 1. The van der Waals surface area contributed by atoms with Gasteiger partial charge in [0.15, 0.2) is 5.78 Å². The minimum atomic E-state index is -0.588. The van der Waals surface area contributed by atoms with Crippen LogP contribution in [-0.4, -0.2) is 30.1 Å². The number of aliphatic hydroxyl groups is 1. The summed E-state index contributed by atoms with van der Waals surface area (Å²) in [6, 6.07) is 11.2. The largest absolute Gasteiger partial charge is 0.491 e. The fourth-order valence-corrected chi connectivity index (χ4v) is 2.75. The summed E-state index contributed by atoms with van der Waals surface area (Å²) >= 11 is 1.69. The maximum Gasteiger partial charge on any atom is 0.159 e. The van der Waals surface area contributed by atoms with Crippen LogP contribution in [0.15, 0.2) is 41.8 Å². The molecule has 0 radical (unpaired) electrons. The van der Waals surface area contributed by atoms with Gasteiger partial charge in [-0.3, -0.25) is 4.79 Å². The van der Waals surface area contributed by atoms with Crippen molar-refractivity contribution in [3.63, 3.8) is 0 Å². The third kappa shape index (κ3) is 6.31. The number of rotatable bonds is 8. The Morgan fingerprint density at radius 1 is 1.30 bits per heavy atom. The smallest absolute Gasteiger partial charge is 0.159 e. The van der Waals surface area contributed by atoms with Crippen molar-refractivity contribution < 1.29 is 14.6 Å². The summed E-state index contributed by atoms with van der Waals surface area (Å²) in [4.78, 5) is 12.4. The second kappa shape index (κ2) is 9.67. The van der Waals surface area contributed by atoms with Crippen LogP contribution in [0.25, 0.3) is 0 Å². The highest BCUT2D eigenvalue weighted by molar-refractivity contribution is 7.10. The van der Waals surface area contributed by atoms with Gasteiger partial charge < -0.3 is 15.2 Å². The highest BCUT2D eigenvalue weighted by atomic mass is 35.5. The van der Waals surface area contributed by atoms with Crippen molar-refractivity contribution in [2.24, 2.45) is 0 Å². The predicted molar refractivity (Wildman–Crippen MR) is 95.9 cm³/mol. The van der Waals surface area contributed by atoms with Crippen LogP contribution in [0.1, 0.15) is 35.1 Å². The number of benzene rings is 1. The van der Waals surface area contributed by atoms with Crippen molar-refractivity contribution in [1.29, 1.82) is 0 Å². The Balaban J connectivity index is 0.00000264. The van der Waals surface area contributed by atoms with Crippen LogP contribution in [0, 0.1) is 0 Å². The minimum Gasteiger partial charge on any atom is -0.491 e. The van der Waals surface area contributed by atoms with E-state index in [1.165, 1.54) is 11.8 Å². The number of carbonyl (C=O) groups is 1. The predicted octanol–water partition coefficient (Wildman–Crippen LogP) is 3.46. The van der Waals surface area contributed by atoms with Crippen molar-refractivity contribution >= 4 is 29.5 Å². The summed E-state index contributed by atoms with van der Waals surface area (Å²) < 4.78 is 5.53. The van der Waals surface area contributed by atoms with E-state index in [4.69, 9.17) is 4.74 Å². The van der Waals surface area contributed by atoms with E-state index in [9.17, 15) is 9.90 Å². The molecule has 6 heteroatoms. The summed E-state index contributed by atoms with van der Waals surface area (Å²) in [5.74, 6) is 0.675. The molecule has 2 aromatic rings. The van der Waals surface area contributed by atoms with Crippen molar-refractivity contribution in [2.75, 3.05) is 13.2 Å². The van der Waals surface area contributed by atoms with Crippen molar-refractivity contribution in [3.8, 4) is 5.75 Å². The number of carbonyl (C=O) groups excluding carboxylic acids is 1. The Morgan fingerprint density at radius 2 is 2.00 bits per heavy atom. The zero-order chi connectivity index (χ0) is 15.9. The van der Waals surface area contributed by atoms with Crippen LogP contribution < -0.4 is 10.1 Å². The summed E-state index contributed by atoms with van der Waals surface area (Å²) in [6.45, 7) is 4.27. The standard InChI is InChI=1S/C17H21NO3S.ClH/c1-12(17-4-3-9-22-17)18-10-15(20)11-21-16-7-5-14(6-8-16)13(2)19;/h3-9,12,15,18,20H,10-11H2,1-2H3;1H. The lowest BCUT2D eigenvalue weighted by Crippen LogP contribution is -2.32. The van der Waals surface area contributed by atoms with E-state index in [-0.39, 0.29) is 30.8 Å². The van der Waals surface area contributed by atoms with E-state index in [1.54, 1.807) is 35.6 Å². The first kappa shape index (κ1) is 19.6. The van der Waals surface area contributed by atoms with Crippen LogP contribution in [0.5, 0.6) is 5.75 Å². The van der Waals surface area contributed by atoms with Crippen LogP contribution >= 0.6 is 23.7 Å². The van der Waals surface area contributed by atoms with Gasteiger partial charge in [-0.15, -0.1) is 23.7 Å². The van der Waals surface area contributed by atoms with E-state index in [0.29, 0.717) is 17.9 Å². The zero-order valence-electron chi connectivity index (χ0n) is 13.2. The van der Waals surface area contributed by atoms with Gasteiger partial charge in [-0.2, -0.15) is 0 Å². The Morgan fingerprint density at radius 3 is 2.57 bits per heavy atom. The monoisotopic (exact) mass is 355 g/mol. The first-order valence-electron chi connectivity index (χ1n) is 7.25. The molecule has 2 rings (SSSR count). The molecular weight excluding hydrogens is 334 g/mol. The third-order valence-corrected chi connectivity index (χ3v) is 4.39. The molecule has 0 amide bonds. The summed E-state index contributed by atoms with van der Waals surface area (Å²) in [5.41, 5.74) is 0.652. The van der Waals surface area contributed by atoms with Gasteiger partial charge in [-0.1, -0.05) is 6.07 Å². The molecule has 0 fully saturated rings. The van der Waals surface area contributed by atoms with Crippen LogP contribution in [-0.2, 0) is 0 Å². The molecule has 2 N–H and O–H groups in total. The van der Waals surface area contributed by atoms with Gasteiger partial charge in [0.25, 0.3) is 0 Å². The average molecular weight is 356 g/mol. The normalized spacial score (nSPS) is 13.0. The van der Waals surface area contributed by atoms with Gasteiger partial charge in [0.05, 0.1) is 0 Å². The number of hydrogen-bond donors (Lipinski definition) is 2. The Labute approximate surface area is 146 Å². The Hall–Kier alpha value is -1.40. The fraction of sp³-hybridized carbons (Fsp3) is 0.353. The summed E-state index contributed by atoms with van der Waals surface area (Å²) in [5, 5.41) is 15.3. The molecule has 2 unspecified atom stereocenters. The molecule has 1 aromatic heterocycles. The number of ether oxygens (including phenoxy) is 1. The van der Waals surface area contributed by atoms with Gasteiger partial charge in [0, 0.05) is 23.0 Å². The number of hydrogen-bond acceptors (Lipinski definition) is 5. The topological polar surface area (TPSA) is 58.6 Å². The minimum absolute atomic E-state index is 0. The lowest BCUT2D eigenvalue weighted by Gasteiger charge is -2.17. The van der Waals surface area contributed by atoms with Gasteiger partial charge in [-0.25, -0.2) is 0 Å². The number of aliphatic hydroxyl groups excluding tert-OH is 1. The highest BCUT2D eigenvalue weighted by Crippen LogP contribution is 2.18. The molecule has 0 aliphatic carbocycles. The maximum atomic E-state index is 11.2. The van der Waals surface area contributed by atoms with Gasteiger partial charge in [0.1, 0.15) is 18.5 Å². The summed E-state index contributed by atoms with van der Waals surface area (Å²) in [7, 11) is 0. The molecule has 0 bridgehead atoms. The molecule has 0 aliphatic rings. The number of ketones is 1. The molecule has 0 spiro atoms. The van der Waals surface area contributed by atoms with Crippen molar-refractivity contribution in [3.05, 3.63) is 52.2 Å². The van der Waals surface area contributed by atoms with Crippen LogP contribution in [0.4, 0.5) is 0 Å². The molecule has 0 aliphatic heterocycles. The molecule has 1 heterocycles. The van der Waals surface area contributed by atoms with Gasteiger partial charge in [-0.05, 0) is 49.6 Å². The maximum absolute atomic E-state index is 11.2. The number of nitrogens with one attached hydrogen (secondary N) is 1. The first-order chi connectivity index (χ1) is 10.6. The highest BCUT2D eigenvalue weighted by Gasteiger charge is 2.10. The fourth-order valence-electron chi connectivity index (χ4n) is 1.99. The SMILES string of the molecule is CC(=O)c1ccc(OCC(O)CNC(C)c2cccs2)cc1.Cl. The average Bonchev–Trinajstić information content (AvgIpc) is 3.05. The molecule has 0 saturated heterocycles. The quantitative estimate of drug-likeness (QED) is 0.712. The second-order valence-corrected chi connectivity index (χ2v) is 6.17. The van der Waals surface area contributed by atoms with Crippen molar-refractivity contribution in [2.45, 2.75) is 26.0 Å². The Kier molecular flexibility index (Phi) is 8.26. The molecule has 0 saturated carbocycles. The lowest BCUT2D eigenvalue weighted by atomic mass is 10.1. The second-order valence-electron chi connectivity index (χ2n) is 5.19. The molecule has 4 nitrogen and oxygen atoms in total. The molecule has 23 heavy (non-hydrogen) atoms. The van der Waals surface area contributed by atoms with Crippen LogP contribution in [0.2, 0.25) is 0 Å². The molecule has 1 aromatic carbocycles. The summed E-state index contributed by atoms with van der Waals surface area (Å²) in [6.07, 6.45) is -0.588. The third-order valence-electron chi connectivity index (χ3n) is 3.33. The molecular formula is C17H22ClNO3S. The van der Waals surface area contributed by atoms with E-state index in [2.05, 4.69) is 18.3 Å². The first-order valence-corrected chi connectivity index (χ1v) is 8.13. The Bertz CT molecular complexity index is 586. The number of Topliss-reactive ketones (excluding diaryl/α,β-unsaturated/α-hetero) is 1. The van der Waals surface area contributed by atoms with E-state index >= 15 is 0 Å². The van der Waals surface area contributed by atoms with Gasteiger partial charge in [0.2, 0.25) is 0 Å². The van der Waals surface area contributed by atoms with Crippen molar-refractivity contribution in [1.82, 2.24) is 5.32 Å². The van der Waals surface area contributed by atoms with E-state index in [0.717, 1.165) is 0 Å². The zero-order valence-corrected chi connectivity index (χ0v) is 14.8. The van der Waals surface area contributed by atoms with Crippen LogP contribution in [0.3, 0.4) is 0 Å². The van der Waals surface area contributed by atoms with E-state index in [1.807, 2.05) is 11.4 Å². The van der Waals surface area contributed by atoms with E-state index < -0.39 is 6.10 Å². The molecule has 2 atom stereocenters.